The predicted molar refractivity (Wildman–Crippen MR) is 171 cm³/mol. The molecule has 3 fully saturated rings. The third-order valence-corrected chi connectivity index (χ3v) is 9.62. The Morgan fingerprint density at radius 1 is 1.07 bits per heavy atom. The number of carbonyl (C=O) groups is 3. The Bertz CT molecular complexity index is 1390. The first-order valence-electron chi connectivity index (χ1n) is 15.8. The zero-order valence-electron chi connectivity index (χ0n) is 26.2. The normalized spacial score (nSPS) is 25.9. The summed E-state index contributed by atoms with van der Waals surface area (Å²) in [7, 11) is 0. The fourth-order valence-corrected chi connectivity index (χ4v) is 7.91. The van der Waals surface area contributed by atoms with E-state index in [0.717, 1.165) is 28.8 Å². The summed E-state index contributed by atoms with van der Waals surface area (Å²) in [6, 6.07) is 13.8. The molecule has 5 rings (SSSR count). The maximum absolute atomic E-state index is 15.0. The van der Waals surface area contributed by atoms with Crippen molar-refractivity contribution in [3.63, 3.8) is 0 Å². The number of para-hydroxylation sites is 1. The largest absolute Gasteiger partial charge is 0.394 e. The monoisotopic (exact) mass is 599 g/mol. The first-order chi connectivity index (χ1) is 21.2. The highest BCUT2D eigenvalue weighted by atomic mass is 16.5. The van der Waals surface area contributed by atoms with Gasteiger partial charge < -0.3 is 24.5 Å². The lowest BCUT2D eigenvalue weighted by Crippen LogP contribution is -2.59. The number of aliphatic hydroxyl groups excluding tert-OH is 1. The van der Waals surface area contributed by atoms with Gasteiger partial charge in [0.2, 0.25) is 11.8 Å². The van der Waals surface area contributed by atoms with Crippen LogP contribution in [0.5, 0.6) is 0 Å². The minimum atomic E-state index is -1.18. The Kier molecular flexibility index (Phi) is 9.42. The van der Waals surface area contributed by atoms with Crippen molar-refractivity contribution in [3.8, 4) is 0 Å². The first kappa shape index (κ1) is 31.7. The summed E-state index contributed by atoms with van der Waals surface area (Å²) in [4.78, 5) is 48.9. The van der Waals surface area contributed by atoms with Crippen LogP contribution in [0.15, 0.2) is 73.8 Å². The van der Waals surface area contributed by atoms with Gasteiger partial charge in [0.1, 0.15) is 11.6 Å². The van der Waals surface area contributed by atoms with Crippen LogP contribution in [0.25, 0.3) is 0 Å². The van der Waals surface area contributed by atoms with Crippen molar-refractivity contribution in [2.45, 2.75) is 70.2 Å². The SMILES string of the molecule is C=CCN(CCC)C(=O)[C@@H]1[C@@H]2CCC3(O2)C(C(=O)N(CC=C)c2c(C)cccc2C)N([C@@H](CO)Cc2ccccc2)C(=O)[C@H]13. The minimum absolute atomic E-state index is 0.133. The van der Waals surface area contributed by atoms with E-state index >= 15 is 4.79 Å². The number of fused-ring (bicyclic) bond motifs is 1. The van der Waals surface area contributed by atoms with Crippen molar-refractivity contribution in [3.05, 3.63) is 90.5 Å². The molecule has 1 N–H and O–H groups in total. The van der Waals surface area contributed by atoms with Crippen LogP contribution in [0.3, 0.4) is 0 Å². The van der Waals surface area contributed by atoms with Crippen LogP contribution >= 0.6 is 0 Å². The van der Waals surface area contributed by atoms with Crippen molar-refractivity contribution in [2.75, 3.05) is 31.1 Å². The van der Waals surface area contributed by atoms with E-state index in [2.05, 4.69) is 13.2 Å². The van der Waals surface area contributed by atoms with Gasteiger partial charge in [0.05, 0.1) is 30.6 Å². The second-order valence-electron chi connectivity index (χ2n) is 12.4. The molecule has 2 aromatic carbocycles. The van der Waals surface area contributed by atoms with Gasteiger partial charge in [-0.1, -0.05) is 67.6 Å². The van der Waals surface area contributed by atoms with Crippen LogP contribution in [0.4, 0.5) is 5.69 Å². The van der Waals surface area contributed by atoms with Gasteiger partial charge in [-0.2, -0.15) is 0 Å². The number of hydrogen-bond acceptors (Lipinski definition) is 5. The lowest BCUT2D eigenvalue weighted by molar-refractivity contribution is -0.147. The molecule has 0 saturated carbocycles. The lowest BCUT2D eigenvalue weighted by atomic mass is 9.70. The summed E-state index contributed by atoms with van der Waals surface area (Å²) in [5.41, 5.74) is 2.39. The third-order valence-electron chi connectivity index (χ3n) is 9.62. The van der Waals surface area contributed by atoms with Crippen LogP contribution in [0.1, 0.15) is 42.9 Å². The molecule has 3 heterocycles. The van der Waals surface area contributed by atoms with Crippen LogP contribution < -0.4 is 4.90 Å². The van der Waals surface area contributed by atoms with Gasteiger partial charge in [-0.25, -0.2) is 0 Å². The molecule has 1 spiro atoms. The van der Waals surface area contributed by atoms with Crippen molar-refractivity contribution in [2.24, 2.45) is 11.8 Å². The molecular weight excluding hydrogens is 554 g/mol. The number of anilines is 1. The van der Waals surface area contributed by atoms with Crippen LogP contribution in [0, 0.1) is 25.7 Å². The Balaban J connectivity index is 1.63. The smallest absolute Gasteiger partial charge is 0.253 e. The number of aryl methyl sites for hydroxylation is 2. The minimum Gasteiger partial charge on any atom is -0.394 e. The van der Waals surface area contributed by atoms with Gasteiger partial charge >= 0.3 is 0 Å². The predicted octanol–water partition coefficient (Wildman–Crippen LogP) is 4.23. The highest BCUT2D eigenvalue weighted by molar-refractivity contribution is 6.05. The molecular formula is C36H45N3O5. The highest BCUT2D eigenvalue weighted by Gasteiger charge is 2.75. The van der Waals surface area contributed by atoms with Crippen molar-refractivity contribution < 1.29 is 24.2 Å². The Morgan fingerprint density at radius 2 is 1.75 bits per heavy atom. The van der Waals surface area contributed by atoms with E-state index in [1.165, 1.54) is 0 Å². The van der Waals surface area contributed by atoms with E-state index in [-0.39, 0.29) is 30.9 Å². The second kappa shape index (κ2) is 13.1. The fourth-order valence-electron chi connectivity index (χ4n) is 7.91. The highest BCUT2D eigenvalue weighted by Crippen LogP contribution is 2.59. The Hall–Kier alpha value is -3.75. The number of amides is 3. The molecule has 6 atom stereocenters. The third kappa shape index (κ3) is 5.28. The first-order valence-corrected chi connectivity index (χ1v) is 15.8. The zero-order chi connectivity index (χ0) is 31.6. The molecule has 8 heteroatoms. The molecule has 0 aliphatic carbocycles. The lowest BCUT2D eigenvalue weighted by Gasteiger charge is -2.40. The van der Waals surface area contributed by atoms with Crippen molar-refractivity contribution in [1.82, 2.24) is 9.80 Å². The topological polar surface area (TPSA) is 90.4 Å². The van der Waals surface area contributed by atoms with Crippen LogP contribution in [-0.4, -0.2) is 82.7 Å². The molecule has 3 amide bonds. The number of benzene rings is 2. The van der Waals surface area contributed by atoms with Crippen molar-refractivity contribution >= 4 is 23.4 Å². The molecule has 8 nitrogen and oxygen atoms in total. The van der Waals surface area contributed by atoms with E-state index in [1.54, 1.807) is 26.9 Å². The molecule has 44 heavy (non-hydrogen) atoms. The van der Waals surface area contributed by atoms with E-state index in [9.17, 15) is 14.7 Å². The molecule has 3 aliphatic heterocycles. The number of likely N-dealkylation sites (tertiary alicyclic amines) is 1. The maximum Gasteiger partial charge on any atom is 0.253 e. The summed E-state index contributed by atoms with van der Waals surface area (Å²) in [6.07, 6.45) is 5.13. The zero-order valence-corrected chi connectivity index (χ0v) is 26.2. The number of hydrogen-bond donors (Lipinski definition) is 1. The van der Waals surface area contributed by atoms with Crippen LogP contribution in [0.2, 0.25) is 0 Å². The molecule has 2 aromatic rings. The number of aliphatic hydroxyl groups is 1. The van der Waals surface area contributed by atoms with Gasteiger partial charge in [0.25, 0.3) is 5.91 Å². The molecule has 3 saturated heterocycles. The quantitative estimate of drug-likeness (QED) is 0.348. The Morgan fingerprint density at radius 3 is 2.36 bits per heavy atom. The molecule has 3 aliphatic rings. The van der Waals surface area contributed by atoms with Crippen molar-refractivity contribution in [1.29, 1.82) is 0 Å². The summed E-state index contributed by atoms with van der Waals surface area (Å²) in [5, 5.41) is 10.8. The summed E-state index contributed by atoms with van der Waals surface area (Å²) < 4.78 is 6.74. The van der Waals surface area contributed by atoms with E-state index in [1.807, 2.05) is 69.3 Å². The standard InChI is InChI=1S/C36H45N3O5/c1-6-19-37(20-7-2)33(41)29-28-17-18-36(44-28)30(29)34(42)39(27(23-40)22-26-15-10-9-11-16-26)32(36)35(43)38(21-8-3)31-24(4)13-12-14-25(31)5/h6,8-16,27-30,32,40H,1,3,7,17-23H2,2,4-5H3/t27-,28+,29-,30+,32?,36?/m1/s1. The van der Waals surface area contributed by atoms with Gasteiger partial charge in [-0.05, 0) is 56.2 Å². The van der Waals surface area contributed by atoms with Crippen LogP contribution in [-0.2, 0) is 25.5 Å². The number of carbonyl (C=O) groups excluding carboxylic acids is 3. The summed E-state index contributed by atoms with van der Waals surface area (Å²) in [6.45, 7) is 14.5. The van der Waals surface area contributed by atoms with Gasteiger partial charge in [0.15, 0.2) is 0 Å². The second-order valence-corrected chi connectivity index (χ2v) is 12.4. The van der Waals surface area contributed by atoms with E-state index in [4.69, 9.17) is 4.74 Å². The van der Waals surface area contributed by atoms with Gasteiger partial charge in [-0.3, -0.25) is 14.4 Å². The van der Waals surface area contributed by atoms with E-state index < -0.39 is 35.6 Å². The number of nitrogens with zero attached hydrogens (tertiary/aromatic N) is 3. The summed E-state index contributed by atoms with van der Waals surface area (Å²) in [5.74, 6) is -2.23. The number of rotatable bonds is 13. The average Bonchev–Trinajstić information content (AvgIpc) is 3.66. The fraction of sp³-hybridized carbons (Fsp3) is 0.472. The van der Waals surface area contributed by atoms with Gasteiger partial charge in [0, 0.05) is 25.3 Å². The maximum atomic E-state index is 15.0. The molecule has 2 bridgehead atoms. The van der Waals surface area contributed by atoms with E-state index in [0.29, 0.717) is 32.4 Å². The number of ether oxygens (including phenoxy) is 1. The Labute approximate surface area is 261 Å². The van der Waals surface area contributed by atoms with Gasteiger partial charge in [-0.15, -0.1) is 13.2 Å². The molecule has 0 aromatic heterocycles. The molecule has 2 unspecified atom stereocenters. The summed E-state index contributed by atoms with van der Waals surface area (Å²) >= 11 is 0. The molecule has 234 valence electrons. The molecule has 0 radical (unpaired) electrons. The average molecular weight is 600 g/mol.